The van der Waals surface area contributed by atoms with E-state index in [0.717, 1.165) is 0 Å². The second kappa shape index (κ2) is 2.20. The smallest absolute Gasteiger partial charge is 0.408 e. The molecule has 1 heterocycles. The quantitative estimate of drug-likeness (QED) is 0.586. The van der Waals surface area contributed by atoms with E-state index in [-0.39, 0.29) is 0 Å². The minimum absolute atomic E-state index is 0.351. The lowest BCUT2D eigenvalue weighted by atomic mass is 10.3. The highest BCUT2D eigenvalue weighted by molar-refractivity contribution is 5.72. The summed E-state index contributed by atoms with van der Waals surface area (Å²) in [6, 6.07) is 4.82. The zero-order chi connectivity index (χ0) is 8.72. The summed E-state index contributed by atoms with van der Waals surface area (Å²) in [6.07, 6.45) is 0. The molecule has 0 saturated heterocycles. The third kappa shape index (κ3) is 0.845. The molecule has 1 aromatic heterocycles. The van der Waals surface area contributed by atoms with E-state index in [2.05, 4.69) is 6.07 Å². The summed E-state index contributed by atoms with van der Waals surface area (Å²) < 4.78 is 18.6. The first kappa shape index (κ1) is 7.09. The number of hydrogen-bond acceptors (Lipinski definition) is 2. The molecule has 4 heteroatoms. The van der Waals surface area contributed by atoms with Crippen LogP contribution in [-0.2, 0) is 7.05 Å². The van der Waals surface area contributed by atoms with Crippen molar-refractivity contribution in [3.63, 3.8) is 0 Å². The van der Waals surface area contributed by atoms with Gasteiger partial charge in [-0.2, -0.15) is 0 Å². The molecule has 0 aliphatic heterocycles. The standard InChI is InChI=1S/C8H5FNO2/c1-10-6-4-5(9)2-3-7(6)12-8(10)11/h3-4H,1H3. The zero-order valence-electron chi connectivity index (χ0n) is 6.30. The van der Waals surface area contributed by atoms with Crippen LogP contribution in [-0.4, -0.2) is 4.57 Å². The molecule has 2 aromatic rings. The zero-order valence-corrected chi connectivity index (χ0v) is 6.30. The topological polar surface area (TPSA) is 35.1 Å². The number of halogens is 1. The molecule has 0 aliphatic rings. The molecule has 1 radical (unpaired) electrons. The van der Waals surface area contributed by atoms with Crippen LogP contribution in [0.15, 0.2) is 21.3 Å². The first-order chi connectivity index (χ1) is 5.68. The van der Waals surface area contributed by atoms with Gasteiger partial charge in [0, 0.05) is 19.2 Å². The second-order valence-electron chi connectivity index (χ2n) is 2.46. The number of rotatable bonds is 0. The van der Waals surface area contributed by atoms with Crippen LogP contribution in [0.2, 0.25) is 0 Å². The van der Waals surface area contributed by atoms with Crippen molar-refractivity contribution >= 4 is 11.1 Å². The largest absolute Gasteiger partial charge is 0.419 e. The average Bonchev–Trinajstić information content (AvgIpc) is 2.31. The predicted octanol–water partition coefficient (Wildman–Crippen LogP) is 1.07. The number of aryl methyl sites for hydroxylation is 1. The van der Waals surface area contributed by atoms with Crippen LogP contribution in [0.4, 0.5) is 4.39 Å². The first-order valence-electron chi connectivity index (χ1n) is 3.35. The van der Waals surface area contributed by atoms with Crippen molar-refractivity contribution < 1.29 is 8.81 Å². The lowest BCUT2D eigenvalue weighted by Gasteiger charge is -1.89. The van der Waals surface area contributed by atoms with E-state index in [1.807, 2.05) is 0 Å². The highest BCUT2D eigenvalue weighted by atomic mass is 19.1. The van der Waals surface area contributed by atoms with E-state index in [0.29, 0.717) is 11.1 Å². The number of fused-ring (bicyclic) bond motifs is 1. The van der Waals surface area contributed by atoms with Crippen molar-refractivity contribution in [1.29, 1.82) is 0 Å². The Balaban J connectivity index is 2.98. The van der Waals surface area contributed by atoms with Crippen molar-refractivity contribution in [3.05, 3.63) is 34.6 Å². The minimum atomic E-state index is -0.501. The Labute approximate surface area is 67.0 Å². The molecule has 0 amide bonds. The van der Waals surface area contributed by atoms with Crippen molar-refractivity contribution in [3.8, 4) is 0 Å². The molecule has 12 heavy (non-hydrogen) atoms. The van der Waals surface area contributed by atoms with Crippen molar-refractivity contribution in [2.45, 2.75) is 0 Å². The fraction of sp³-hybridized carbons (Fsp3) is 0.125. The maximum absolute atomic E-state index is 12.6. The molecule has 2 rings (SSSR count). The highest BCUT2D eigenvalue weighted by Crippen LogP contribution is 2.11. The molecule has 61 valence electrons. The van der Waals surface area contributed by atoms with Crippen LogP contribution in [0.25, 0.3) is 11.1 Å². The molecule has 0 saturated carbocycles. The summed E-state index contributed by atoms with van der Waals surface area (Å²) in [7, 11) is 1.52. The van der Waals surface area contributed by atoms with E-state index in [1.54, 1.807) is 0 Å². The molecule has 0 unspecified atom stereocenters. The summed E-state index contributed by atoms with van der Waals surface area (Å²) in [5.41, 5.74) is 0.792. The van der Waals surface area contributed by atoms with Gasteiger partial charge in [0.05, 0.1) is 5.52 Å². The number of hydrogen-bond donors (Lipinski definition) is 0. The molecular weight excluding hydrogens is 161 g/mol. The Bertz CT molecular complexity index is 483. The van der Waals surface area contributed by atoms with Crippen LogP contribution >= 0.6 is 0 Å². The summed E-state index contributed by atoms with van der Waals surface area (Å²) in [6.45, 7) is 0. The summed E-state index contributed by atoms with van der Waals surface area (Å²) >= 11 is 0. The Morgan fingerprint density at radius 2 is 2.42 bits per heavy atom. The molecule has 0 bridgehead atoms. The third-order valence-electron chi connectivity index (χ3n) is 1.69. The fourth-order valence-corrected chi connectivity index (χ4v) is 1.05. The van der Waals surface area contributed by atoms with E-state index in [1.165, 1.54) is 23.7 Å². The number of nitrogens with zero attached hydrogens (tertiary/aromatic N) is 1. The van der Waals surface area contributed by atoms with Crippen LogP contribution in [0.5, 0.6) is 0 Å². The van der Waals surface area contributed by atoms with Gasteiger partial charge in [-0.05, 0) is 6.07 Å². The van der Waals surface area contributed by atoms with Crippen molar-refractivity contribution in [2.24, 2.45) is 7.05 Å². The molecule has 3 nitrogen and oxygen atoms in total. The van der Waals surface area contributed by atoms with Gasteiger partial charge in [0.1, 0.15) is 5.82 Å². The maximum atomic E-state index is 12.6. The average molecular weight is 166 g/mol. The van der Waals surface area contributed by atoms with Gasteiger partial charge in [-0.25, -0.2) is 9.18 Å². The van der Waals surface area contributed by atoms with Crippen molar-refractivity contribution in [1.82, 2.24) is 4.57 Å². The molecule has 1 aromatic carbocycles. The number of oxazole rings is 1. The lowest BCUT2D eigenvalue weighted by Crippen LogP contribution is -2.08. The Morgan fingerprint density at radius 3 is 3.17 bits per heavy atom. The molecule has 0 fully saturated rings. The molecule has 0 atom stereocenters. The van der Waals surface area contributed by atoms with Gasteiger partial charge in [0.2, 0.25) is 0 Å². The van der Waals surface area contributed by atoms with Crippen LogP contribution < -0.4 is 5.76 Å². The maximum Gasteiger partial charge on any atom is 0.419 e. The Hall–Kier alpha value is -1.58. The SMILES string of the molecule is Cn1c(=O)oc2c[c]c(F)cc21. The van der Waals surface area contributed by atoms with Crippen LogP contribution in [0.3, 0.4) is 0 Å². The highest BCUT2D eigenvalue weighted by Gasteiger charge is 2.05. The second-order valence-corrected chi connectivity index (χ2v) is 2.46. The van der Waals surface area contributed by atoms with Gasteiger partial charge < -0.3 is 4.42 Å². The lowest BCUT2D eigenvalue weighted by molar-refractivity contribution is 0.528. The van der Waals surface area contributed by atoms with E-state index in [9.17, 15) is 9.18 Å². The Kier molecular flexibility index (Phi) is 1.30. The number of aromatic nitrogens is 1. The predicted molar refractivity (Wildman–Crippen MR) is 40.2 cm³/mol. The van der Waals surface area contributed by atoms with Crippen LogP contribution in [0, 0.1) is 11.9 Å². The third-order valence-corrected chi connectivity index (χ3v) is 1.69. The number of benzene rings is 1. The van der Waals surface area contributed by atoms with Crippen molar-refractivity contribution in [2.75, 3.05) is 0 Å². The minimum Gasteiger partial charge on any atom is -0.408 e. The monoisotopic (exact) mass is 166 g/mol. The fourth-order valence-electron chi connectivity index (χ4n) is 1.05. The summed E-state index contributed by atoms with van der Waals surface area (Å²) in [5.74, 6) is -0.997. The van der Waals surface area contributed by atoms with Gasteiger partial charge in [0.15, 0.2) is 5.58 Å². The first-order valence-corrected chi connectivity index (χ1v) is 3.35. The Morgan fingerprint density at radius 1 is 1.67 bits per heavy atom. The normalized spacial score (nSPS) is 10.8. The van der Waals surface area contributed by atoms with Gasteiger partial charge in [-0.3, -0.25) is 4.57 Å². The summed E-state index contributed by atoms with van der Waals surface area (Å²) in [5, 5.41) is 0. The van der Waals surface area contributed by atoms with Gasteiger partial charge in [-0.15, -0.1) is 0 Å². The molecule has 0 N–H and O–H groups in total. The van der Waals surface area contributed by atoms with E-state index >= 15 is 0 Å². The van der Waals surface area contributed by atoms with Crippen LogP contribution in [0.1, 0.15) is 0 Å². The molecular formula is C8H5FNO2. The van der Waals surface area contributed by atoms with Gasteiger partial charge in [0.25, 0.3) is 0 Å². The van der Waals surface area contributed by atoms with Gasteiger partial charge in [-0.1, -0.05) is 0 Å². The molecule has 0 spiro atoms. The van der Waals surface area contributed by atoms with E-state index < -0.39 is 11.6 Å². The van der Waals surface area contributed by atoms with E-state index in [4.69, 9.17) is 4.42 Å². The molecule has 0 aliphatic carbocycles. The van der Waals surface area contributed by atoms with Gasteiger partial charge >= 0.3 is 5.76 Å². The summed E-state index contributed by atoms with van der Waals surface area (Å²) in [4.78, 5) is 10.9.